The Labute approximate surface area is 157 Å². The van der Waals surface area contributed by atoms with Crippen LogP contribution in [0.2, 0.25) is 10.0 Å². The summed E-state index contributed by atoms with van der Waals surface area (Å²) < 4.78 is 5.88. The average Bonchev–Trinajstić information content (AvgIpc) is 2.55. The number of hydrogen-bond donors (Lipinski definition) is 2. The van der Waals surface area contributed by atoms with Gasteiger partial charge in [0.25, 0.3) is 0 Å². The van der Waals surface area contributed by atoms with E-state index in [0.717, 1.165) is 11.1 Å². The third kappa shape index (κ3) is 5.92. The van der Waals surface area contributed by atoms with Crippen LogP contribution in [0.4, 0.5) is 0 Å². The van der Waals surface area contributed by atoms with Crippen molar-refractivity contribution in [2.75, 3.05) is 0 Å². The van der Waals surface area contributed by atoms with Gasteiger partial charge in [-0.25, -0.2) is 0 Å². The molecule has 4 nitrogen and oxygen atoms in total. The molecule has 0 amide bonds. The Hall–Kier alpha value is -1.75. The van der Waals surface area contributed by atoms with Crippen LogP contribution in [0, 0.1) is 5.92 Å². The molecular formula is C19H21Cl2NO3. The zero-order valence-electron chi connectivity index (χ0n) is 14.1. The van der Waals surface area contributed by atoms with Gasteiger partial charge in [-0.1, -0.05) is 49.2 Å². The first-order valence-corrected chi connectivity index (χ1v) is 8.74. The number of rotatable bonds is 8. The van der Waals surface area contributed by atoms with Crippen molar-refractivity contribution in [3.05, 3.63) is 63.6 Å². The molecule has 0 radical (unpaired) electrons. The molecule has 2 aromatic rings. The first-order chi connectivity index (χ1) is 11.9. The van der Waals surface area contributed by atoms with Gasteiger partial charge < -0.3 is 9.84 Å². The maximum atomic E-state index is 11.3. The summed E-state index contributed by atoms with van der Waals surface area (Å²) in [6.45, 7) is 4.47. The number of halogens is 2. The lowest BCUT2D eigenvalue weighted by molar-refractivity contribution is -0.140. The molecule has 0 aliphatic rings. The van der Waals surface area contributed by atoms with Crippen molar-refractivity contribution >= 4 is 29.2 Å². The van der Waals surface area contributed by atoms with Crippen molar-refractivity contribution in [1.29, 1.82) is 0 Å². The number of carboxylic acid groups (broad SMARTS) is 1. The summed E-state index contributed by atoms with van der Waals surface area (Å²) in [5, 5.41) is 13.6. The van der Waals surface area contributed by atoms with E-state index >= 15 is 0 Å². The number of carboxylic acids is 1. The van der Waals surface area contributed by atoms with E-state index in [2.05, 4.69) is 5.32 Å². The van der Waals surface area contributed by atoms with Gasteiger partial charge >= 0.3 is 5.97 Å². The summed E-state index contributed by atoms with van der Waals surface area (Å²) in [6, 6.07) is 12.1. The lowest BCUT2D eigenvalue weighted by Gasteiger charge is -2.19. The molecule has 25 heavy (non-hydrogen) atoms. The number of benzene rings is 2. The van der Waals surface area contributed by atoms with Gasteiger partial charge in [0.15, 0.2) is 0 Å². The Balaban J connectivity index is 2.08. The van der Waals surface area contributed by atoms with Crippen molar-refractivity contribution in [3.63, 3.8) is 0 Å². The van der Waals surface area contributed by atoms with Crippen molar-refractivity contribution < 1.29 is 14.6 Å². The maximum absolute atomic E-state index is 11.3. The Morgan fingerprint density at radius 1 is 1.12 bits per heavy atom. The molecule has 0 fully saturated rings. The highest BCUT2D eigenvalue weighted by Crippen LogP contribution is 2.24. The fraction of sp³-hybridized carbons (Fsp3) is 0.316. The molecule has 2 N–H and O–H groups in total. The Morgan fingerprint density at radius 2 is 1.76 bits per heavy atom. The fourth-order valence-corrected chi connectivity index (χ4v) is 2.72. The average molecular weight is 382 g/mol. The van der Waals surface area contributed by atoms with Crippen LogP contribution < -0.4 is 10.1 Å². The van der Waals surface area contributed by atoms with E-state index in [9.17, 15) is 9.90 Å². The van der Waals surface area contributed by atoms with Crippen molar-refractivity contribution in [2.45, 2.75) is 33.0 Å². The zero-order valence-corrected chi connectivity index (χ0v) is 15.6. The topological polar surface area (TPSA) is 58.6 Å². The Kier molecular flexibility index (Phi) is 7.12. The summed E-state index contributed by atoms with van der Waals surface area (Å²) in [4.78, 5) is 11.3. The molecule has 0 saturated heterocycles. The largest absolute Gasteiger partial charge is 0.489 e. The summed E-state index contributed by atoms with van der Waals surface area (Å²) in [7, 11) is 0. The molecule has 2 aromatic carbocycles. The van der Waals surface area contributed by atoms with E-state index in [1.165, 1.54) is 0 Å². The molecule has 1 atom stereocenters. The van der Waals surface area contributed by atoms with Gasteiger partial charge in [-0.15, -0.1) is 0 Å². The van der Waals surface area contributed by atoms with Gasteiger partial charge in [0.1, 0.15) is 18.4 Å². The number of aliphatic carboxylic acids is 1. The lowest BCUT2D eigenvalue weighted by atomic mass is 10.0. The molecule has 6 heteroatoms. The van der Waals surface area contributed by atoms with Crippen LogP contribution in [0.15, 0.2) is 42.5 Å². The standard InChI is InChI=1S/C19H21Cl2NO3/c1-12(2)18(19(23)24)22-10-14-9-16(21)7-8-17(14)25-11-13-3-5-15(20)6-4-13/h3-9,12,18,22H,10-11H2,1-2H3,(H,23,24). The first-order valence-electron chi connectivity index (χ1n) is 7.98. The molecule has 0 aliphatic heterocycles. The molecule has 0 bridgehead atoms. The first kappa shape index (κ1) is 19.6. The van der Waals surface area contributed by atoms with Gasteiger partial charge in [-0.05, 0) is 41.8 Å². The monoisotopic (exact) mass is 381 g/mol. The van der Waals surface area contributed by atoms with E-state index in [-0.39, 0.29) is 5.92 Å². The molecule has 134 valence electrons. The van der Waals surface area contributed by atoms with Crippen LogP contribution >= 0.6 is 23.2 Å². The SMILES string of the molecule is CC(C)C(NCc1cc(Cl)ccc1OCc1ccc(Cl)cc1)C(=O)O. The highest BCUT2D eigenvalue weighted by atomic mass is 35.5. The second-order valence-corrected chi connectivity index (χ2v) is 6.98. The maximum Gasteiger partial charge on any atom is 0.320 e. The van der Waals surface area contributed by atoms with Crippen molar-refractivity contribution in [1.82, 2.24) is 5.32 Å². The minimum absolute atomic E-state index is 0.0323. The summed E-state index contributed by atoms with van der Waals surface area (Å²) in [5.74, 6) is -0.240. The molecule has 0 heterocycles. The van der Waals surface area contributed by atoms with Crippen LogP contribution in [-0.2, 0) is 17.9 Å². The molecule has 1 unspecified atom stereocenters. The van der Waals surface area contributed by atoms with E-state index in [4.69, 9.17) is 27.9 Å². The van der Waals surface area contributed by atoms with Crippen LogP contribution in [0.5, 0.6) is 5.75 Å². The summed E-state index contributed by atoms with van der Waals surface area (Å²) in [6.07, 6.45) is 0. The Morgan fingerprint density at radius 3 is 2.36 bits per heavy atom. The quantitative estimate of drug-likeness (QED) is 0.691. The van der Waals surface area contributed by atoms with Gasteiger partial charge in [-0.2, -0.15) is 0 Å². The van der Waals surface area contributed by atoms with Crippen molar-refractivity contribution in [3.8, 4) is 5.75 Å². The smallest absolute Gasteiger partial charge is 0.320 e. The number of carbonyl (C=O) groups is 1. The number of nitrogens with one attached hydrogen (secondary N) is 1. The van der Waals surface area contributed by atoms with Gasteiger partial charge in [0, 0.05) is 22.2 Å². The second-order valence-electron chi connectivity index (χ2n) is 6.11. The van der Waals surface area contributed by atoms with E-state index < -0.39 is 12.0 Å². The molecule has 0 aromatic heterocycles. The molecule has 2 rings (SSSR count). The van der Waals surface area contributed by atoms with Crippen LogP contribution in [0.3, 0.4) is 0 Å². The fourth-order valence-electron chi connectivity index (χ4n) is 2.40. The van der Waals surface area contributed by atoms with Gasteiger partial charge in [0.05, 0.1) is 0 Å². The molecule has 0 spiro atoms. The third-order valence-electron chi connectivity index (χ3n) is 3.78. The zero-order chi connectivity index (χ0) is 18.4. The number of ether oxygens (including phenoxy) is 1. The molecular weight excluding hydrogens is 361 g/mol. The van der Waals surface area contributed by atoms with E-state index in [0.29, 0.717) is 28.9 Å². The van der Waals surface area contributed by atoms with E-state index in [1.54, 1.807) is 18.2 Å². The highest BCUT2D eigenvalue weighted by molar-refractivity contribution is 6.30. The summed E-state index contributed by atoms with van der Waals surface area (Å²) >= 11 is 12.0. The minimum Gasteiger partial charge on any atom is -0.489 e. The molecule has 0 saturated carbocycles. The lowest BCUT2D eigenvalue weighted by Crippen LogP contribution is -2.40. The normalized spacial score (nSPS) is 12.2. The highest BCUT2D eigenvalue weighted by Gasteiger charge is 2.21. The van der Waals surface area contributed by atoms with Crippen LogP contribution in [-0.4, -0.2) is 17.1 Å². The number of hydrogen-bond acceptors (Lipinski definition) is 3. The van der Waals surface area contributed by atoms with Gasteiger partial charge in [0.2, 0.25) is 0 Å². The second kappa shape index (κ2) is 9.09. The minimum atomic E-state index is -0.874. The summed E-state index contributed by atoms with van der Waals surface area (Å²) in [5.41, 5.74) is 1.80. The van der Waals surface area contributed by atoms with E-state index in [1.807, 2.05) is 38.1 Å². The predicted molar refractivity (Wildman–Crippen MR) is 100 cm³/mol. The van der Waals surface area contributed by atoms with Crippen molar-refractivity contribution in [2.24, 2.45) is 5.92 Å². The van der Waals surface area contributed by atoms with Crippen LogP contribution in [0.25, 0.3) is 0 Å². The Bertz CT molecular complexity index is 717. The van der Waals surface area contributed by atoms with Crippen LogP contribution in [0.1, 0.15) is 25.0 Å². The molecule has 0 aliphatic carbocycles. The van der Waals surface area contributed by atoms with Gasteiger partial charge in [-0.3, -0.25) is 10.1 Å². The third-order valence-corrected chi connectivity index (χ3v) is 4.26. The predicted octanol–water partition coefficient (Wildman–Crippen LogP) is 4.77.